The zero-order valence-electron chi connectivity index (χ0n) is 8.45. The number of pyridine rings is 1. The van der Waals surface area contributed by atoms with Crippen molar-refractivity contribution in [3.05, 3.63) is 24.0 Å². The highest BCUT2D eigenvalue weighted by Gasteiger charge is 1.92. The van der Waals surface area contributed by atoms with Gasteiger partial charge in [0.15, 0.2) is 0 Å². The average molecular weight is 190 g/mol. The first-order chi connectivity index (χ1) is 6.72. The number of hydrogen-bond donors (Lipinski definition) is 1. The molecule has 0 aromatic carbocycles. The Morgan fingerprint density at radius 1 is 1.57 bits per heavy atom. The summed E-state index contributed by atoms with van der Waals surface area (Å²) in [5, 5.41) is 0. The first-order valence-corrected chi connectivity index (χ1v) is 4.46. The van der Waals surface area contributed by atoms with E-state index in [0.717, 1.165) is 11.3 Å². The average Bonchev–Trinajstić information content (AvgIpc) is 2.18. The highest BCUT2D eigenvalue weighted by molar-refractivity contribution is 5.36. The summed E-state index contributed by atoms with van der Waals surface area (Å²) in [6.45, 7) is 1.93. The highest BCUT2D eigenvalue weighted by Crippen LogP contribution is 2.08. The molecule has 14 heavy (non-hydrogen) atoms. The monoisotopic (exact) mass is 190 g/mol. The number of nitrogens with two attached hydrogens (primary N) is 1. The smallest absolute Gasteiger partial charge is 0.138 e. The molecule has 0 fully saturated rings. The largest absolute Gasteiger partial charge is 0.495 e. The molecule has 0 bridgehead atoms. The maximum Gasteiger partial charge on any atom is 0.138 e. The van der Waals surface area contributed by atoms with Crippen molar-refractivity contribution in [2.75, 3.05) is 7.11 Å². The van der Waals surface area contributed by atoms with Gasteiger partial charge in [-0.2, -0.15) is 0 Å². The van der Waals surface area contributed by atoms with Gasteiger partial charge in [-0.1, -0.05) is 11.8 Å². The van der Waals surface area contributed by atoms with Crippen LogP contribution in [0.3, 0.4) is 0 Å². The molecule has 0 aliphatic rings. The normalized spacial score (nSPS) is 11.4. The summed E-state index contributed by atoms with van der Waals surface area (Å²) in [4.78, 5) is 3.99. The van der Waals surface area contributed by atoms with Gasteiger partial charge in [0, 0.05) is 24.2 Å². The van der Waals surface area contributed by atoms with Crippen LogP contribution in [0.15, 0.2) is 18.5 Å². The van der Waals surface area contributed by atoms with Crippen LogP contribution in [0.2, 0.25) is 0 Å². The standard InChI is InChI=1S/C11H14N2O/c1-9(12)4-3-5-10-6-11(14-2)8-13-7-10/h6-9H,4,12H2,1-2H3/t9-/m0/s1. The molecule has 74 valence electrons. The van der Waals surface area contributed by atoms with Crippen molar-refractivity contribution in [3.63, 3.8) is 0 Å². The second-order valence-corrected chi connectivity index (χ2v) is 3.10. The van der Waals surface area contributed by atoms with Crippen LogP contribution in [0.5, 0.6) is 5.75 Å². The van der Waals surface area contributed by atoms with Crippen molar-refractivity contribution in [2.45, 2.75) is 19.4 Å². The predicted octanol–water partition coefficient (Wildman–Crippen LogP) is 1.18. The fraction of sp³-hybridized carbons (Fsp3) is 0.364. The summed E-state index contributed by atoms with van der Waals surface area (Å²) in [6, 6.07) is 1.96. The van der Waals surface area contributed by atoms with Crippen molar-refractivity contribution in [2.24, 2.45) is 5.73 Å². The van der Waals surface area contributed by atoms with Gasteiger partial charge < -0.3 is 10.5 Å². The van der Waals surface area contributed by atoms with Crippen molar-refractivity contribution in [3.8, 4) is 17.6 Å². The van der Waals surface area contributed by atoms with Gasteiger partial charge in [-0.05, 0) is 13.0 Å². The maximum atomic E-state index is 5.57. The third-order valence-electron chi connectivity index (χ3n) is 1.61. The van der Waals surface area contributed by atoms with Gasteiger partial charge in [0.1, 0.15) is 5.75 Å². The number of rotatable bonds is 2. The van der Waals surface area contributed by atoms with Crippen molar-refractivity contribution >= 4 is 0 Å². The minimum atomic E-state index is 0.112. The van der Waals surface area contributed by atoms with E-state index < -0.39 is 0 Å². The van der Waals surface area contributed by atoms with E-state index in [0.29, 0.717) is 6.42 Å². The number of hydrogen-bond acceptors (Lipinski definition) is 3. The summed E-state index contributed by atoms with van der Waals surface area (Å²) in [6.07, 6.45) is 4.05. The predicted molar refractivity (Wildman–Crippen MR) is 55.9 cm³/mol. The Balaban J connectivity index is 2.69. The minimum Gasteiger partial charge on any atom is -0.495 e. The Morgan fingerprint density at radius 2 is 2.36 bits per heavy atom. The lowest BCUT2D eigenvalue weighted by atomic mass is 10.2. The van der Waals surface area contributed by atoms with Gasteiger partial charge in [0.05, 0.1) is 13.3 Å². The summed E-state index contributed by atoms with van der Waals surface area (Å²) in [5.74, 6) is 6.68. The maximum absolute atomic E-state index is 5.57. The minimum absolute atomic E-state index is 0.112. The van der Waals surface area contributed by atoms with E-state index in [1.165, 1.54) is 0 Å². The van der Waals surface area contributed by atoms with E-state index in [2.05, 4.69) is 16.8 Å². The molecule has 0 aliphatic heterocycles. The van der Waals surface area contributed by atoms with Crippen LogP contribution >= 0.6 is 0 Å². The van der Waals surface area contributed by atoms with Crippen LogP contribution < -0.4 is 10.5 Å². The molecule has 1 aromatic rings. The van der Waals surface area contributed by atoms with Crippen molar-refractivity contribution in [1.29, 1.82) is 0 Å². The van der Waals surface area contributed by atoms with Crippen LogP contribution in [0, 0.1) is 11.8 Å². The second kappa shape index (κ2) is 5.25. The first-order valence-electron chi connectivity index (χ1n) is 4.46. The summed E-state index contributed by atoms with van der Waals surface area (Å²) < 4.78 is 5.03. The van der Waals surface area contributed by atoms with Crippen LogP contribution in [0.25, 0.3) is 0 Å². The zero-order chi connectivity index (χ0) is 10.4. The van der Waals surface area contributed by atoms with Crippen LogP contribution in [0.1, 0.15) is 18.9 Å². The van der Waals surface area contributed by atoms with Gasteiger partial charge in [0.2, 0.25) is 0 Å². The molecule has 3 heteroatoms. The SMILES string of the molecule is COc1cncc(C#CC[C@H](C)N)c1. The molecule has 3 nitrogen and oxygen atoms in total. The zero-order valence-corrected chi connectivity index (χ0v) is 8.45. The van der Waals surface area contributed by atoms with Crippen LogP contribution in [-0.2, 0) is 0 Å². The van der Waals surface area contributed by atoms with E-state index in [9.17, 15) is 0 Å². The molecular weight excluding hydrogens is 176 g/mol. The molecule has 0 unspecified atom stereocenters. The number of methoxy groups -OCH3 is 1. The quantitative estimate of drug-likeness (QED) is 0.712. The Kier molecular flexibility index (Phi) is 3.96. The molecule has 0 aliphatic carbocycles. The van der Waals surface area contributed by atoms with Gasteiger partial charge in [-0.25, -0.2) is 0 Å². The molecular formula is C11H14N2O. The van der Waals surface area contributed by atoms with Gasteiger partial charge in [-0.15, -0.1) is 0 Å². The van der Waals surface area contributed by atoms with Crippen molar-refractivity contribution in [1.82, 2.24) is 4.98 Å². The Morgan fingerprint density at radius 3 is 3.00 bits per heavy atom. The first kappa shape index (κ1) is 10.6. The van der Waals surface area contributed by atoms with Crippen molar-refractivity contribution < 1.29 is 4.74 Å². The number of nitrogens with zero attached hydrogens (tertiary/aromatic N) is 1. The molecule has 2 N–H and O–H groups in total. The van der Waals surface area contributed by atoms with E-state index in [4.69, 9.17) is 10.5 Å². The van der Waals surface area contributed by atoms with Gasteiger partial charge in [0.25, 0.3) is 0 Å². The molecule has 0 amide bonds. The fourth-order valence-electron chi connectivity index (χ4n) is 0.913. The molecule has 1 aromatic heterocycles. The molecule has 0 saturated heterocycles. The molecule has 0 spiro atoms. The van der Waals surface area contributed by atoms with Gasteiger partial charge in [-0.3, -0.25) is 4.98 Å². The third-order valence-corrected chi connectivity index (χ3v) is 1.61. The fourth-order valence-corrected chi connectivity index (χ4v) is 0.913. The second-order valence-electron chi connectivity index (χ2n) is 3.10. The van der Waals surface area contributed by atoms with E-state index in [1.54, 1.807) is 19.5 Å². The lowest BCUT2D eigenvalue weighted by Gasteiger charge is -1.98. The number of aromatic nitrogens is 1. The van der Waals surface area contributed by atoms with Crippen LogP contribution in [-0.4, -0.2) is 18.1 Å². The lowest BCUT2D eigenvalue weighted by Crippen LogP contribution is -2.12. The Hall–Kier alpha value is -1.53. The van der Waals surface area contributed by atoms with Crippen LogP contribution in [0.4, 0.5) is 0 Å². The molecule has 1 rings (SSSR count). The summed E-state index contributed by atoms with van der Waals surface area (Å²) in [7, 11) is 1.61. The summed E-state index contributed by atoms with van der Waals surface area (Å²) >= 11 is 0. The molecule has 1 heterocycles. The van der Waals surface area contributed by atoms with Gasteiger partial charge >= 0.3 is 0 Å². The molecule has 0 saturated carbocycles. The van der Waals surface area contributed by atoms with E-state index in [-0.39, 0.29) is 6.04 Å². The lowest BCUT2D eigenvalue weighted by molar-refractivity contribution is 0.413. The molecule has 0 radical (unpaired) electrons. The van der Waals surface area contributed by atoms with E-state index in [1.807, 2.05) is 13.0 Å². The Labute approximate surface area is 84.3 Å². The molecule has 1 atom stereocenters. The van der Waals surface area contributed by atoms with E-state index >= 15 is 0 Å². The topological polar surface area (TPSA) is 48.1 Å². The highest BCUT2D eigenvalue weighted by atomic mass is 16.5. The third kappa shape index (κ3) is 3.46. The Bertz CT molecular complexity index is 350. The number of ether oxygens (including phenoxy) is 1. The summed E-state index contributed by atoms with van der Waals surface area (Å²) in [5.41, 5.74) is 6.42.